The van der Waals surface area contributed by atoms with Gasteiger partial charge in [0.15, 0.2) is 0 Å². The molecule has 1 amide bonds. The van der Waals surface area contributed by atoms with Gasteiger partial charge in [0.1, 0.15) is 12.4 Å². The first-order valence-corrected chi connectivity index (χ1v) is 8.99. The molecule has 1 aromatic heterocycles. The summed E-state index contributed by atoms with van der Waals surface area (Å²) in [6.45, 7) is 1.51. The molecule has 1 atom stereocenters. The fourth-order valence-electron chi connectivity index (χ4n) is 3.21. The van der Waals surface area contributed by atoms with Crippen molar-refractivity contribution in [2.75, 3.05) is 52.9 Å². The quantitative estimate of drug-likeness (QED) is 0.776. The molecule has 1 saturated heterocycles. The SMILES string of the molecule is COCC(=O)N1CCC(c2cc(-c3ccc(OC)cc3)nc(N(C)C)n2)C1. The Kier molecular flexibility index (Phi) is 5.91. The first kappa shape index (κ1) is 19.1. The van der Waals surface area contributed by atoms with Gasteiger partial charge in [-0.1, -0.05) is 0 Å². The number of amides is 1. The lowest BCUT2D eigenvalue weighted by atomic mass is 10.0. The van der Waals surface area contributed by atoms with Crippen molar-refractivity contribution >= 4 is 11.9 Å². The average molecular weight is 370 g/mol. The van der Waals surface area contributed by atoms with Gasteiger partial charge < -0.3 is 19.3 Å². The summed E-state index contributed by atoms with van der Waals surface area (Å²) in [6.07, 6.45) is 0.890. The number of nitrogens with zero attached hydrogens (tertiary/aromatic N) is 4. The Morgan fingerprint density at radius 1 is 1.22 bits per heavy atom. The highest BCUT2D eigenvalue weighted by atomic mass is 16.5. The van der Waals surface area contributed by atoms with Crippen molar-refractivity contribution in [1.82, 2.24) is 14.9 Å². The Morgan fingerprint density at radius 3 is 2.59 bits per heavy atom. The summed E-state index contributed by atoms with van der Waals surface area (Å²) in [6, 6.07) is 9.87. The van der Waals surface area contributed by atoms with Crippen LogP contribution in [0.25, 0.3) is 11.3 Å². The first-order valence-electron chi connectivity index (χ1n) is 8.99. The number of aromatic nitrogens is 2. The summed E-state index contributed by atoms with van der Waals surface area (Å²) in [4.78, 5) is 25.3. The molecule has 0 saturated carbocycles. The fourth-order valence-corrected chi connectivity index (χ4v) is 3.21. The van der Waals surface area contributed by atoms with E-state index in [0.29, 0.717) is 12.5 Å². The van der Waals surface area contributed by atoms with E-state index in [1.165, 1.54) is 0 Å². The Morgan fingerprint density at radius 2 is 1.96 bits per heavy atom. The highest BCUT2D eigenvalue weighted by Gasteiger charge is 2.29. The molecular weight excluding hydrogens is 344 g/mol. The molecule has 7 heteroatoms. The second-order valence-corrected chi connectivity index (χ2v) is 6.86. The van der Waals surface area contributed by atoms with Crippen LogP contribution in [0.15, 0.2) is 30.3 Å². The van der Waals surface area contributed by atoms with Gasteiger partial charge >= 0.3 is 0 Å². The molecule has 0 bridgehead atoms. The number of ether oxygens (including phenoxy) is 2. The third kappa shape index (κ3) is 4.36. The third-order valence-corrected chi connectivity index (χ3v) is 4.75. The summed E-state index contributed by atoms with van der Waals surface area (Å²) >= 11 is 0. The molecule has 1 unspecified atom stereocenters. The van der Waals surface area contributed by atoms with Gasteiger partial charge in [-0.25, -0.2) is 9.97 Å². The molecule has 144 valence electrons. The molecule has 3 rings (SSSR count). The molecule has 7 nitrogen and oxygen atoms in total. The van der Waals surface area contributed by atoms with Crippen molar-refractivity contribution in [3.63, 3.8) is 0 Å². The van der Waals surface area contributed by atoms with E-state index in [0.717, 1.165) is 35.7 Å². The van der Waals surface area contributed by atoms with E-state index < -0.39 is 0 Å². The number of hydrogen-bond donors (Lipinski definition) is 0. The van der Waals surface area contributed by atoms with E-state index in [1.54, 1.807) is 14.2 Å². The molecule has 0 radical (unpaired) electrons. The van der Waals surface area contributed by atoms with Crippen LogP contribution < -0.4 is 9.64 Å². The molecule has 1 aromatic carbocycles. The number of benzene rings is 1. The number of methoxy groups -OCH3 is 2. The molecule has 2 aromatic rings. The molecule has 0 spiro atoms. The van der Waals surface area contributed by atoms with Gasteiger partial charge in [-0.05, 0) is 36.8 Å². The van der Waals surface area contributed by atoms with E-state index in [1.807, 2.05) is 54.2 Å². The van der Waals surface area contributed by atoms with Gasteiger partial charge in [-0.15, -0.1) is 0 Å². The average Bonchev–Trinajstić information content (AvgIpc) is 3.18. The van der Waals surface area contributed by atoms with Crippen molar-refractivity contribution in [1.29, 1.82) is 0 Å². The second kappa shape index (κ2) is 8.35. The highest BCUT2D eigenvalue weighted by molar-refractivity contribution is 5.77. The van der Waals surface area contributed by atoms with Gasteiger partial charge in [0.25, 0.3) is 0 Å². The van der Waals surface area contributed by atoms with E-state index in [2.05, 4.69) is 4.98 Å². The normalized spacial score (nSPS) is 16.4. The van der Waals surface area contributed by atoms with Crippen LogP contribution in [0.2, 0.25) is 0 Å². The Hall–Kier alpha value is -2.67. The minimum absolute atomic E-state index is 0.0252. The lowest BCUT2D eigenvalue weighted by Crippen LogP contribution is -2.31. The predicted molar refractivity (Wildman–Crippen MR) is 104 cm³/mol. The molecule has 0 aliphatic carbocycles. The van der Waals surface area contributed by atoms with E-state index in [4.69, 9.17) is 14.5 Å². The van der Waals surface area contributed by atoms with Crippen molar-refractivity contribution in [3.05, 3.63) is 36.0 Å². The smallest absolute Gasteiger partial charge is 0.248 e. The van der Waals surface area contributed by atoms with Crippen LogP contribution in [0.4, 0.5) is 5.95 Å². The Bertz CT molecular complexity index is 792. The Labute approximate surface area is 159 Å². The minimum atomic E-state index is 0.0252. The summed E-state index contributed by atoms with van der Waals surface area (Å²) in [5.41, 5.74) is 2.84. The van der Waals surface area contributed by atoms with Crippen LogP contribution >= 0.6 is 0 Å². The molecule has 1 fully saturated rings. The van der Waals surface area contributed by atoms with Crippen molar-refractivity contribution in [3.8, 4) is 17.0 Å². The summed E-state index contributed by atoms with van der Waals surface area (Å²) < 4.78 is 10.2. The number of carbonyl (C=O) groups is 1. The van der Waals surface area contributed by atoms with Crippen LogP contribution in [-0.4, -0.2) is 68.8 Å². The zero-order chi connectivity index (χ0) is 19.4. The fraction of sp³-hybridized carbons (Fsp3) is 0.450. The largest absolute Gasteiger partial charge is 0.497 e. The van der Waals surface area contributed by atoms with Gasteiger partial charge in [-0.2, -0.15) is 0 Å². The van der Waals surface area contributed by atoms with E-state index in [-0.39, 0.29) is 18.4 Å². The monoisotopic (exact) mass is 370 g/mol. The van der Waals surface area contributed by atoms with Crippen molar-refractivity contribution < 1.29 is 14.3 Å². The van der Waals surface area contributed by atoms with Crippen LogP contribution in [0.1, 0.15) is 18.0 Å². The van der Waals surface area contributed by atoms with Crippen LogP contribution in [0.5, 0.6) is 5.75 Å². The highest BCUT2D eigenvalue weighted by Crippen LogP contribution is 2.30. The Balaban J connectivity index is 1.89. The molecular formula is C20H26N4O3. The maximum atomic E-state index is 12.1. The van der Waals surface area contributed by atoms with Crippen molar-refractivity contribution in [2.24, 2.45) is 0 Å². The molecule has 0 N–H and O–H groups in total. The van der Waals surface area contributed by atoms with E-state index >= 15 is 0 Å². The van der Waals surface area contributed by atoms with Gasteiger partial charge in [0, 0.05) is 45.8 Å². The first-order chi connectivity index (χ1) is 13.0. The topological polar surface area (TPSA) is 67.8 Å². The van der Waals surface area contributed by atoms with Crippen LogP contribution in [0.3, 0.4) is 0 Å². The van der Waals surface area contributed by atoms with Crippen LogP contribution in [0, 0.1) is 0 Å². The number of rotatable bonds is 6. The third-order valence-electron chi connectivity index (χ3n) is 4.75. The number of anilines is 1. The lowest BCUT2D eigenvalue weighted by molar-refractivity contribution is -0.134. The lowest BCUT2D eigenvalue weighted by Gasteiger charge is -2.18. The number of hydrogen-bond acceptors (Lipinski definition) is 6. The van der Waals surface area contributed by atoms with E-state index in [9.17, 15) is 4.79 Å². The zero-order valence-electron chi connectivity index (χ0n) is 16.3. The summed E-state index contributed by atoms with van der Waals surface area (Å²) in [5, 5.41) is 0. The predicted octanol–water partition coefficient (Wildman–Crippen LogP) is 2.18. The maximum absolute atomic E-state index is 12.1. The molecule has 1 aliphatic heterocycles. The number of carbonyl (C=O) groups excluding carboxylic acids is 1. The van der Waals surface area contributed by atoms with Gasteiger partial charge in [0.2, 0.25) is 11.9 Å². The standard InChI is InChI=1S/C20H26N4O3/c1-23(2)20-21-17(14-5-7-16(27-4)8-6-14)11-18(22-20)15-9-10-24(12-15)19(25)13-26-3/h5-8,11,15H,9-10,12-13H2,1-4H3. The van der Waals surface area contributed by atoms with Crippen molar-refractivity contribution in [2.45, 2.75) is 12.3 Å². The van der Waals surface area contributed by atoms with Crippen LogP contribution in [-0.2, 0) is 9.53 Å². The molecule has 1 aliphatic rings. The number of likely N-dealkylation sites (tertiary alicyclic amines) is 1. The summed E-state index contributed by atoms with van der Waals surface area (Å²) in [5.74, 6) is 1.70. The molecule has 2 heterocycles. The molecule has 27 heavy (non-hydrogen) atoms. The second-order valence-electron chi connectivity index (χ2n) is 6.86. The van der Waals surface area contributed by atoms with Gasteiger partial charge in [-0.3, -0.25) is 4.79 Å². The maximum Gasteiger partial charge on any atom is 0.248 e. The zero-order valence-corrected chi connectivity index (χ0v) is 16.3. The van der Waals surface area contributed by atoms with Gasteiger partial charge in [0.05, 0.1) is 18.5 Å². The minimum Gasteiger partial charge on any atom is -0.497 e. The summed E-state index contributed by atoms with van der Waals surface area (Å²) in [7, 11) is 7.05.